The molecule has 0 saturated carbocycles. The number of carbonyl (C=O) groups excluding carboxylic acids is 1. The predicted octanol–water partition coefficient (Wildman–Crippen LogP) is 2.76. The monoisotopic (exact) mass is 310 g/mol. The number of rotatable bonds is 4. The molecule has 120 valence electrons. The number of amides is 1. The second-order valence-electron chi connectivity index (χ2n) is 5.87. The first-order valence-corrected chi connectivity index (χ1v) is 8.06. The van der Waals surface area contributed by atoms with E-state index >= 15 is 0 Å². The number of ether oxygens (including phenoxy) is 1. The number of carbonyl (C=O) groups is 1. The molecule has 2 aromatic carbocycles. The third kappa shape index (κ3) is 3.90. The summed E-state index contributed by atoms with van der Waals surface area (Å²) in [6.07, 6.45) is 1.87. The molecule has 3 rings (SSSR count). The van der Waals surface area contributed by atoms with E-state index in [2.05, 4.69) is 0 Å². The molecule has 0 fully saturated rings. The second-order valence-corrected chi connectivity index (χ2v) is 5.87. The summed E-state index contributed by atoms with van der Waals surface area (Å²) in [5.74, 6) is 0.835. The van der Waals surface area contributed by atoms with E-state index in [9.17, 15) is 4.79 Å². The third-order valence-corrected chi connectivity index (χ3v) is 4.02. The minimum absolute atomic E-state index is 0.0615. The van der Waals surface area contributed by atoms with Gasteiger partial charge >= 0.3 is 0 Å². The first kappa shape index (κ1) is 15.6. The maximum Gasteiger partial charge on any atom is 0.228 e. The van der Waals surface area contributed by atoms with Gasteiger partial charge in [-0.15, -0.1) is 0 Å². The Morgan fingerprint density at radius 1 is 1.13 bits per heavy atom. The quantitative estimate of drug-likeness (QED) is 0.944. The highest BCUT2D eigenvalue weighted by Crippen LogP contribution is 2.31. The van der Waals surface area contributed by atoms with Gasteiger partial charge in [0, 0.05) is 19.0 Å². The summed E-state index contributed by atoms with van der Waals surface area (Å²) >= 11 is 0. The van der Waals surface area contributed by atoms with Crippen LogP contribution in [-0.4, -0.2) is 25.1 Å². The Hall–Kier alpha value is -2.33. The summed E-state index contributed by atoms with van der Waals surface area (Å²) in [6.45, 7) is 1.31. The topological polar surface area (TPSA) is 55.6 Å². The molecule has 0 spiro atoms. The van der Waals surface area contributed by atoms with E-state index < -0.39 is 0 Å². The summed E-state index contributed by atoms with van der Waals surface area (Å²) in [6, 6.07) is 17.6. The maximum atomic E-state index is 12.7. The summed E-state index contributed by atoms with van der Waals surface area (Å²) in [5, 5.41) is 0. The summed E-state index contributed by atoms with van der Waals surface area (Å²) in [7, 11) is 0. The molecule has 1 amide bonds. The lowest BCUT2D eigenvalue weighted by Gasteiger charge is -2.23. The van der Waals surface area contributed by atoms with Gasteiger partial charge in [-0.25, -0.2) is 0 Å². The maximum absolute atomic E-state index is 12.7. The summed E-state index contributed by atoms with van der Waals surface area (Å²) in [4.78, 5) is 14.5. The molecule has 2 N–H and O–H groups in total. The van der Waals surface area contributed by atoms with Crippen molar-refractivity contribution in [3.8, 4) is 5.75 Å². The van der Waals surface area contributed by atoms with Crippen LogP contribution in [-0.2, 0) is 11.2 Å². The molecule has 0 saturated heterocycles. The lowest BCUT2D eigenvalue weighted by atomic mass is 10.0. The molecule has 23 heavy (non-hydrogen) atoms. The van der Waals surface area contributed by atoms with Gasteiger partial charge in [0.05, 0.1) is 12.3 Å². The Labute approximate surface area is 136 Å². The van der Waals surface area contributed by atoms with E-state index in [1.165, 1.54) is 0 Å². The lowest BCUT2D eigenvalue weighted by molar-refractivity contribution is -0.118. The van der Waals surface area contributed by atoms with Crippen LogP contribution in [0, 0.1) is 0 Å². The zero-order valence-electron chi connectivity index (χ0n) is 13.2. The molecule has 1 heterocycles. The van der Waals surface area contributed by atoms with Crippen molar-refractivity contribution in [3.63, 3.8) is 0 Å². The molecule has 1 unspecified atom stereocenters. The molecular weight excluding hydrogens is 288 g/mol. The summed E-state index contributed by atoms with van der Waals surface area (Å²) < 4.78 is 5.70. The largest absolute Gasteiger partial charge is 0.491 e. The molecule has 0 bridgehead atoms. The van der Waals surface area contributed by atoms with Crippen molar-refractivity contribution in [1.82, 2.24) is 0 Å². The standard InChI is InChI=1S/C19H22N2O2/c20-16(13-15-7-2-1-3-8-15)14-19(22)21-11-6-12-23-18-10-5-4-9-17(18)21/h1-5,7-10,16H,6,11-14,20H2. The van der Waals surface area contributed by atoms with Crippen LogP contribution in [0.15, 0.2) is 54.6 Å². The van der Waals surface area contributed by atoms with Gasteiger partial charge in [-0.2, -0.15) is 0 Å². The van der Waals surface area contributed by atoms with Gasteiger partial charge in [0.25, 0.3) is 0 Å². The molecule has 4 nitrogen and oxygen atoms in total. The first-order valence-electron chi connectivity index (χ1n) is 8.06. The molecule has 0 aromatic heterocycles. The number of para-hydroxylation sites is 2. The summed E-state index contributed by atoms with van der Waals surface area (Å²) in [5.41, 5.74) is 8.20. The zero-order chi connectivity index (χ0) is 16.1. The van der Waals surface area contributed by atoms with Crippen LogP contribution in [0.1, 0.15) is 18.4 Å². The molecule has 1 aliphatic heterocycles. The molecule has 0 radical (unpaired) electrons. The Bertz CT molecular complexity index is 657. The number of hydrogen-bond donors (Lipinski definition) is 1. The van der Waals surface area contributed by atoms with E-state index in [1.54, 1.807) is 0 Å². The van der Waals surface area contributed by atoms with Crippen LogP contribution in [0.4, 0.5) is 5.69 Å². The van der Waals surface area contributed by atoms with Crippen LogP contribution in [0.2, 0.25) is 0 Å². The smallest absolute Gasteiger partial charge is 0.228 e. The molecule has 0 aliphatic carbocycles. The van der Waals surface area contributed by atoms with Crippen molar-refractivity contribution in [2.75, 3.05) is 18.1 Å². The number of nitrogens with zero attached hydrogens (tertiary/aromatic N) is 1. The van der Waals surface area contributed by atoms with Gasteiger partial charge in [-0.3, -0.25) is 4.79 Å². The Kier molecular flexibility index (Phi) is 4.93. The van der Waals surface area contributed by atoms with Crippen molar-refractivity contribution in [2.24, 2.45) is 5.73 Å². The number of benzene rings is 2. The van der Waals surface area contributed by atoms with Crippen LogP contribution in [0.25, 0.3) is 0 Å². The Morgan fingerprint density at radius 2 is 1.87 bits per heavy atom. The van der Waals surface area contributed by atoms with Gasteiger partial charge < -0.3 is 15.4 Å². The van der Waals surface area contributed by atoms with Crippen molar-refractivity contribution >= 4 is 11.6 Å². The van der Waals surface area contributed by atoms with Gasteiger partial charge in [0.1, 0.15) is 5.75 Å². The van der Waals surface area contributed by atoms with E-state index in [0.717, 1.165) is 23.4 Å². The number of fused-ring (bicyclic) bond motifs is 1. The SMILES string of the molecule is NC(CC(=O)N1CCCOc2ccccc21)Cc1ccccc1. The van der Waals surface area contributed by atoms with Crippen molar-refractivity contribution in [3.05, 3.63) is 60.2 Å². The molecule has 1 atom stereocenters. The molecule has 2 aromatic rings. The van der Waals surface area contributed by atoms with Gasteiger partial charge in [-0.1, -0.05) is 42.5 Å². The van der Waals surface area contributed by atoms with Crippen LogP contribution in [0.5, 0.6) is 5.75 Å². The highest BCUT2D eigenvalue weighted by atomic mass is 16.5. The van der Waals surface area contributed by atoms with E-state index in [-0.39, 0.29) is 11.9 Å². The fourth-order valence-corrected chi connectivity index (χ4v) is 2.91. The third-order valence-electron chi connectivity index (χ3n) is 4.02. The minimum Gasteiger partial charge on any atom is -0.491 e. The lowest BCUT2D eigenvalue weighted by Crippen LogP contribution is -2.37. The predicted molar refractivity (Wildman–Crippen MR) is 91.6 cm³/mol. The Morgan fingerprint density at radius 3 is 2.70 bits per heavy atom. The van der Waals surface area contributed by atoms with Crippen molar-refractivity contribution in [1.29, 1.82) is 0 Å². The van der Waals surface area contributed by atoms with Gasteiger partial charge in [0.2, 0.25) is 5.91 Å². The van der Waals surface area contributed by atoms with Crippen LogP contribution < -0.4 is 15.4 Å². The highest BCUT2D eigenvalue weighted by Gasteiger charge is 2.23. The first-order chi connectivity index (χ1) is 11.2. The van der Waals surface area contributed by atoms with Gasteiger partial charge in [0.15, 0.2) is 0 Å². The van der Waals surface area contributed by atoms with E-state index in [0.29, 0.717) is 26.0 Å². The number of anilines is 1. The molecular formula is C19H22N2O2. The second kappa shape index (κ2) is 7.29. The minimum atomic E-state index is -0.179. The molecule has 4 heteroatoms. The Balaban J connectivity index is 1.68. The fourth-order valence-electron chi connectivity index (χ4n) is 2.91. The van der Waals surface area contributed by atoms with E-state index in [4.69, 9.17) is 10.5 Å². The number of nitrogens with two attached hydrogens (primary N) is 1. The van der Waals surface area contributed by atoms with Crippen molar-refractivity contribution in [2.45, 2.75) is 25.3 Å². The van der Waals surface area contributed by atoms with E-state index in [1.807, 2.05) is 59.5 Å². The van der Waals surface area contributed by atoms with Gasteiger partial charge in [-0.05, 0) is 30.5 Å². The van der Waals surface area contributed by atoms with Crippen molar-refractivity contribution < 1.29 is 9.53 Å². The van der Waals surface area contributed by atoms with Crippen LogP contribution in [0.3, 0.4) is 0 Å². The van der Waals surface area contributed by atoms with Crippen LogP contribution >= 0.6 is 0 Å². The average Bonchev–Trinajstić information content (AvgIpc) is 2.78. The average molecular weight is 310 g/mol. The zero-order valence-corrected chi connectivity index (χ0v) is 13.2. The fraction of sp³-hybridized carbons (Fsp3) is 0.316. The normalized spacial score (nSPS) is 15.3. The number of hydrogen-bond acceptors (Lipinski definition) is 3. The highest BCUT2D eigenvalue weighted by molar-refractivity contribution is 5.95. The molecule has 1 aliphatic rings.